The minimum Gasteiger partial charge on any atom is -0.496 e. The third-order valence-corrected chi connectivity index (χ3v) is 4.57. The number of hydrogen-bond acceptors (Lipinski definition) is 4. The average molecular weight is 339 g/mol. The smallest absolute Gasteiger partial charge is 0.259 e. The fraction of sp³-hybridized carbons (Fsp3) is 0.350. The SMILES string of the molecule is COc1ccccc1C(=O)Nc1ccc(CN2CCN(C)CC2)cc1. The molecule has 5 heteroatoms. The molecule has 0 aliphatic carbocycles. The Morgan fingerprint density at radius 3 is 2.40 bits per heavy atom. The van der Waals surface area contributed by atoms with Crippen molar-refractivity contribution in [1.29, 1.82) is 0 Å². The van der Waals surface area contributed by atoms with E-state index in [-0.39, 0.29) is 5.91 Å². The number of ether oxygens (including phenoxy) is 1. The Balaban J connectivity index is 1.60. The topological polar surface area (TPSA) is 44.8 Å². The van der Waals surface area contributed by atoms with Crippen LogP contribution in [0, 0.1) is 0 Å². The van der Waals surface area contributed by atoms with Crippen molar-refractivity contribution in [3.63, 3.8) is 0 Å². The molecule has 1 N–H and O–H groups in total. The molecule has 1 fully saturated rings. The van der Waals surface area contributed by atoms with Crippen molar-refractivity contribution in [3.8, 4) is 5.75 Å². The van der Waals surface area contributed by atoms with E-state index >= 15 is 0 Å². The van der Waals surface area contributed by atoms with Gasteiger partial charge in [0.2, 0.25) is 0 Å². The fourth-order valence-corrected chi connectivity index (χ4v) is 2.99. The summed E-state index contributed by atoms with van der Waals surface area (Å²) in [6, 6.07) is 15.3. The van der Waals surface area contributed by atoms with Gasteiger partial charge in [-0.05, 0) is 36.9 Å². The van der Waals surface area contributed by atoms with Gasteiger partial charge < -0.3 is 15.0 Å². The number of rotatable bonds is 5. The van der Waals surface area contributed by atoms with Crippen molar-refractivity contribution in [2.45, 2.75) is 6.54 Å². The largest absolute Gasteiger partial charge is 0.496 e. The maximum absolute atomic E-state index is 12.4. The summed E-state index contributed by atoms with van der Waals surface area (Å²) in [7, 11) is 3.73. The molecular formula is C20H25N3O2. The lowest BCUT2D eigenvalue weighted by molar-refractivity contribution is 0.102. The van der Waals surface area contributed by atoms with Crippen LogP contribution in [0.4, 0.5) is 5.69 Å². The van der Waals surface area contributed by atoms with Crippen molar-refractivity contribution >= 4 is 11.6 Å². The van der Waals surface area contributed by atoms with E-state index in [1.54, 1.807) is 19.2 Å². The number of methoxy groups -OCH3 is 1. The molecule has 1 aliphatic rings. The molecule has 0 spiro atoms. The van der Waals surface area contributed by atoms with Gasteiger partial charge in [0.1, 0.15) is 5.75 Å². The summed E-state index contributed by atoms with van der Waals surface area (Å²) in [5.74, 6) is 0.413. The summed E-state index contributed by atoms with van der Waals surface area (Å²) >= 11 is 0. The van der Waals surface area contributed by atoms with Crippen LogP contribution in [0.2, 0.25) is 0 Å². The molecule has 0 atom stereocenters. The van der Waals surface area contributed by atoms with Crippen LogP contribution in [0.25, 0.3) is 0 Å². The molecule has 3 rings (SSSR count). The van der Waals surface area contributed by atoms with Gasteiger partial charge in [0.15, 0.2) is 0 Å². The molecular weight excluding hydrogens is 314 g/mol. The molecule has 1 saturated heterocycles. The maximum Gasteiger partial charge on any atom is 0.259 e. The molecule has 2 aromatic carbocycles. The molecule has 0 radical (unpaired) electrons. The van der Waals surface area contributed by atoms with Gasteiger partial charge in [0.05, 0.1) is 12.7 Å². The quantitative estimate of drug-likeness (QED) is 0.910. The lowest BCUT2D eigenvalue weighted by atomic mass is 10.1. The Hall–Kier alpha value is -2.37. The number of likely N-dealkylation sites (N-methyl/N-ethyl adjacent to an activating group) is 1. The fourth-order valence-electron chi connectivity index (χ4n) is 2.99. The Morgan fingerprint density at radius 1 is 1.04 bits per heavy atom. The van der Waals surface area contributed by atoms with Gasteiger partial charge in [-0.2, -0.15) is 0 Å². The Bertz CT molecular complexity index is 707. The lowest BCUT2D eigenvalue weighted by Crippen LogP contribution is -2.43. The first-order valence-electron chi connectivity index (χ1n) is 8.60. The zero-order chi connectivity index (χ0) is 17.6. The van der Waals surface area contributed by atoms with Gasteiger partial charge in [-0.25, -0.2) is 0 Å². The minimum absolute atomic E-state index is 0.163. The molecule has 132 valence electrons. The molecule has 0 unspecified atom stereocenters. The standard InChI is InChI=1S/C20H25N3O2/c1-22-11-13-23(14-12-22)15-16-7-9-17(10-8-16)21-20(24)18-5-3-4-6-19(18)25-2/h3-10H,11-15H2,1-2H3,(H,21,24). The molecule has 1 heterocycles. The zero-order valence-corrected chi connectivity index (χ0v) is 14.9. The third-order valence-electron chi connectivity index (χ3n) is 4.57. The predicted octanol–water partition coefficient (Wildman–Crippen LogP) is 2.69. The van der Waals surface area contributed by atoms with Gasteiger partial charge >= 0.3 is 0 Å². The van der Waals surface area contributed by atoms with Crippen LogP contribution in [-0.2, 0) is 6.54 Å². The first-order chi connectivity index (χ1) is 12.2. The number of amides is 1. The van der Waals surface area contributed by atoms with Gasteiger partial charge in [-0.1, -0.05) is 24.3 Å². The average Bonchev–Trinajstić information content (AvgIpc) is 2.65. The van der Waals surface area contributed by atoms with Crippen LogP contribution in [0.1, 0.15) is 15.9 Å². The molecule has 2 aromatic rings. The molecule has 1 amide bonds. The molecule has 5 nitrogen and oxygen atoms in total. The zero-order valence-electron chi connectivity index (χ0n) is 14.9. The minimum atomic E-state index is -0.163. The van der Waals surface area contributed by atoms with Gasteiger partial charge in [-0.3, -0.25) is 9.69 Å². The highest BCUT2D eigenvalue weighted by atomic mass is 16.5. The predicted molar refractivity (Wildman–Crippen MR) is 100 cm³/mol. The summed E-state index contributed by atoms with van der Waals surface area (Å²) in [6.07, 6.45) is 0. The molecule has 0 aromatic heterocycles. The van der Waals surface area contributed by atoms with E-state index in [9.17, 15) is 4.79 Å². The highest BCUT2D eigenvalue weighted by Crippen LogP contribution is 2.19. The van der Waals surface area contributed by atoms with Crippen LogP contribution in [0.15, 0.2) is 48.5 Å². The molecule has 25 heavy (non-hydrogen) atoms. The second kappa shape index (κ2) is 8.14. The number of hydrogen-bond donors (Lipinski definition) is 1. The monoisotopic (exact) mass is 339 g/mol. The van der Waals surface area contributed by atoms with Crippen LogP contribution >= 0.6 is 0 Å². The van der Waals surface area contributed by atoms with Crippen molar-refractivity contribution in [1.82, 2.24) is 9.80 Å². The molecule has 0 bridgehead atoms. The van der Waals surface area contributed by atoms with Crippen LogP contribution in [-0.4, -0.2) is 56.0 Å². The Morgan fingerprint density at radius 2 is 1.72 bits per heavy atom. The lowest BCUT2D eigenvalue weighted by Gasteiger charge is -2.32. The number of anilines is 1. The number of piperazine rings is 1. The van der Waals surface area contributed by atoms with Gasteiger partial charge in [0, 0.05) is 38.4 Å². The van der Waals surface area contributed by atoms with E-state index in [0.717, 1.165) is 38.4 Å². The highest BCUT2D eigenvalue weighted by Gasteiger charge is 2.14. The number of para-hydroxylation sites is 1. The van der Waals surface area contributed by atoms with E-state index in [0.29, 0.717) is 11.3 Å². The maximum atomic E-state index is 12.4. The first kappa shape index (κ1) is 17.5. The summed E-state index contributed by atoms with van der Waals surface area (Å²) in [6.45, 7) is 5.39. The van der Waals surface area contributed by atoms with Crippen LogP contribution in [0.5, 0.6) is 5.75 Å². The number of carbonyl (C=O) groups excluding carboxylic acids is 1. The Labute approximate surface area is 149 Å². The van der Waals surface area contributed by atoms with Crippen molar-refractivity contribution in [2.75, 3.05) is 45.7 Å². The summed E-state index contributed by atoms with van der Waals surface area (Å²) < 4.78 is 5.25. The molecule has 1 aliphatic heterocycles. The summed E-state index contributed by atoms with van der Waals surface area (Å²) in [5.41, 5.74) is 2.59. The van der Waals surface area contributed by atoms with E-state index in [1.807, 2.05) is 24.3 Å². The summed E-state index contributed by atoms with van der Waals surface area (Å²) in [4.78, 5) is 17.2. The Kier molecular flexibility index (Phi) is 5.68. The van der Waals surface area contributed by atoms with Crippen LogP contribution < -0.4 is 10.1 Å². The van der Waals surface area contributed by atoms with Crippen LogP contribution in [0.3, 0.4) is 0 Å². The summed E-state index contributed by atoms with van der Waals surface area (Å²) in [5, 5.41) is 2.93. The first-order valence-corrected chi connectivity index (χ1v) is 8.60. The van der Waals surface area contributed by atoms with Crippen molar-refractivity contribution in [2.24, 2.45) is 0 Å². The van der Waals surface area contributed by atoms with E-state index in [4.69, 9.17) is 4.74 Å². The second-order valence-electron chi connectivity index (χ2n) is 6.43. The number of carbonyl (C=O) groups is 1. The van der Waals surface area contributed by atoms with Crippen molar-refractivity contribution in [3.05, 3.63) is 59.7 Å². The second-order valence-corrected chi connectivity index (χ2v) is 6.43. The van der Waals surface area contributed by atoms with Gasteiger partial charge in [0.25, 0.3) is 5.91 Å². The third kappa shape index (κ3) is 4.59. The number of benzene rings is 2. The normalized spacial score (nSPS) is 15.8. The van der Waals surface area contributed by atoms with E-state index in [2.05, 4.69) is 34.3 Å². The van der Waals surface area contributed by atoms with Gasteiger partial charge in [-0.15, -0.1) is 0 Å². The number of nitrogens with zero attached hydrogens (tertiary/aromatic N) is 2. The molecule has 0 saturated carbocycles. The van der Waals surface area contributed by atoms with Crippen molar-refractivity contribution < 1.29 is 9.53 Å². The highest BCUT2D eigenvalue weighted by molar-refractivity contribution is 6.06. The van der Waals surface area contributed by atoms with E-state index in [1.165, 1.54) is 5.56 Å². The van der Waals surface area contributed by atoms with E-state index < -0.39 is 0 Å². The number of nitrogens with one attached hydrogen (secondary N) is 1.